The van der Waals surface area contributed by atoms with Crippen molar-refractivity contribution in [2.24, 2.45) is 0 Å². The van der Waals surface area contributed by atoms with Crippen LogP contribution in [0.4, 0.5) is 10.3 Å². The number of piperazine rings is 1. The van der Waals surface area contributed by atoms with Gasteiger partial charge in [-0.05, 0) is 17.7 Å². The van der Waals surface area contributed by atoms with Crippen molar-refractivity contribution in [2.45, 2.75) is 5.41 Å². The van der Waals surface area contributed by atoms with Gasteiger partial charge in [0, 0.05) is 44.1 Å². The summed E-state index contributed by atoms with van der Waals surface area (Å²) >= 11 is 0. The lowest BCUT2D eigenvalue weighted by atomic mass is 9.74. The summed E-state index contributed by atoms with van der Waals surface area (Å²) in [7, 11) is 0. The van der Waals surface area contributed by atoms with Crippen molar-refractivity contribution < 1.29 is 9.13 Å². The molecule has 1 N–H and O–H groups in total. The molecule has 5 nitrogen and oxygen atoms in total. The minimum Gasteiger partial charge on any atom is -0.379 e. The van der Waals surface area contributed by atoms with E-state index in [9.17, 15) is 4.39 Å². The first-order valence-electron chi connectivity index (χ1n) is 7.90. The predicted molar refractivity (Wildman–Crippen MR) is 85.1 cm³/mol. The Morgan fingerprint density at radius 2 is 1.65 bits per heavy atom. The van der Waals surface area contributed by atoms with E-state index in [0.717, 1.165) is 43.3 Å². The summed E-state index contributed by atoms with van der Waals surface area (Å²) in [5.74, 6) is 0.541. The summed E-state index contributed by atoms with van der Waals surface area (Å²) in [6.07, 6.45) is 3.77. The first kappa shape index (κ1) is 14.5. The van der Waals surface area contributed by atoms with Gasteiger partial charge < -0.3 is 15.0 Å². The molecule has 3 heterocycles. The highest BCUT2D eigenvalue weighted by molar-refractivity contribution is 5.42. The smallest absolute Gasteiger partial charge is 0.225 e. The van der Waals surface area contributed by atoms with Gasteiger partial charge in [0.05, 0.1) is 18.6 Å². The quantitative estimate of drug-likeness (QED) is 0.926. The van der Waals surface area contributed by atoms with E-state index < -0.39 is 0 Å². The molecule has 2 aliphatic heterocycles. The number of rotatable bonds is 3. The molecule has 0 radical (unpaired) electrons. The van der Waals surface area contributed by atoms with Gasteiger partial charge in [-0.15, -0.1) is 0 Å². The van der Waals surface area contributed by atoms with Crippen molar-refractivity contribution in [3.05, 3.63) is 53.6 Å². The number of nitrogens with zero attached hydrogens (tertiary/aromatic N) is 3. The fraction of sp³-hybridized carbons (Fsp3) is 0.412. The van der Waals surface area contributed by atoms with Crippen LogP contribution in [0.2, 0.25) is 0 Å². The molecule has 0 aliphatic carbocycles. The first-order valence-corrected chi connectivity index (χ1v) is 7.90. The fourth-order valence-corrected chi connectivity index (χ4v) is 3.17. The Morgan fingerprint density at radius 3 is 2.22 bits per heavy atom. The second kappa shape index (κ2) is 5.86. The summed E-state index contributed by atoms with van der Waals surface area (Å²) < 4.78 is 18.6. The Balaban J connectivity index is 1.61. The van der Waals surface area contributed by atoms with Crippen molar-refractivity contribution in [2.75, 3.05) is 44.3 Å². The molecule has 0 amide bonds. The minimum atomic E-state index is -0.254. The molecule has 2 aliphatic rings. The van der Waals surface area contributed by atoms with Crippen LogP contribution in [0.5, 0.6) is 0 Å². The predicted octanol–water partition coefficient (Wildman–Crippen LogP) is 1.34. The summed E-state index contributed by atoms with van der Waals surface area (Å²) in [5, 5.41) is 3.32. The van der Waals surface area contributed by atoms with Crippen LogP contribution in [0.15, 0.2) is 36.7 Å². The number of aromatic nitrogens is 2. The molecule has 23 heavy (non-hydrogen) atoms. The molecule has 0 unspecified atom stereocenters. The summed E-state index contributed by atoms with van der Waals surface area (Å²) in [5.41, 5.74) is 1.81. The molecule has 2 aromatic rings. The number of halogens is 1. The highest BCUT2D eigenvalue weighted by Gasteiger charge is 2.42. The van der Waals surface area contributed by atoms with Crippen LogP contribution in [0.1, 0.15) is 11.1 Å². The van der Waals surface area contributed by atoms with E-state index in [4.69, 9.17) is 4.74 Å². The largest absolute Gasteiger partial charge is 0.379 e. The van der Waals surface area contributed by atoms with Gasteiger partial charge in [-0.2, -0.15) is 0 Å². The third-order valence-electron chi connectivity index (χ3n) is 4.68. The van der Waals surface area contributed by atoms with Gasteiger partial charge >= 0.3 is 0 Å². The van der Waals surface area contributed by atoms with Crippen LogP contribution >= 0.6 is 0 Å². The maximum Gasteiger partial charge on any atom is 0.225 e. The lowest BCUT2D eigenvalue weighted by Crippen LogP contribution is -2.48. The topological polar surface area (TPSA) is 50.3 Å². The molecule has 0 saturated carbocycles. The number of nitrogens with one attached hydrogen (secondary N) is 1. The third-order valence-corrected chi connectivity index (χ3v) is 4.68. The molecule has 4 rings (SSSR count). The Labute approximate surface area is 134 Å². The molecule has 120 valence electrons. The molecular formula is C17H19FN4O. The summed E-state index contributed by atoms with van der Waals surface area (Å²) in [4.78, 5) is 11.3. The average Bonchev–Trinajstić information content (AvgIpc) is 2.57. The molecule has 2 fully saturated rings. The van der Waals surface area contributed by atoms with Gasteiger partial charge in [-0.25, -0.2) is 14.4 Å². The Hall–Kier alpha value is -2.05. The van der Waals surface area contributed by atoms with Gasteiger partial charge in [0.2, 0.25) is 5.95 Å². The average molecular weight is 314 g/mol. The van der Waals surface area contributed by atoms with Gasteiger partial charge in [0.15, 0.2) is 0 Å². The zero-order valence-corrected chi connectivity index (χ0v) is 12.8. The van der Waals surface area contributed by atoms with Crippen LogP contribution < -0.4 is 10.2 Å². The minimum absolute atomic E-state index is 0.227. The molecule has 0 atom stereocenters. The van der Waals surface area contributed by atoms with Crippen LogP contribution in [-0.2, 0) is 10.2 Å². The zero-order valence-electron chi connectivity index (χ0n) is 12.8. The SMILES string of the molecule is Fc1ccc(C2(c3cnc(N4CCNCC4)nc3)COC2)cc1. The summed E-state index contributed by atoms with van der Waals surface area (Å²) in [6.45, 7) is 4.91. The van der Waals surface area contributed by atoms with E-state index in [2.05, 4.69) is 20.2 Å². The van der Waals surface area contributed by atoms with Crippen molar-refractivity contribution >= 4 is 5.95 Å². The van der Waals surface area contributed by atoms with Gasteiger partial charge in [0.25, 0.3) is 0 Å². The lowest BCUT2D eigenvalue weighted by molar-refractivity contribution is -0.0383. The van der Waals surface area contributed by atoms with Gasteiger partial charge in [-0.3, -0.25) is 0 Å². The Bertz CT molecular complexity index is 664. The van der Waals surface area contributed by atoms with Gasteiger partial charge in [0.1, 0.15) is 5.82 Å². The summed E-state index contributed by atoms with van der Waals surface area (Å²) in [6, 6.07) is 6.63. The molecular weight excluding hydrogens is 295 g/mol. The van der Waals surface area contributed by atoms with Crippen LogP contribution in [0.3, 0.4) is 0 Å². The maximum atomic E-state index is 13.2. The molecule has 0 bridgehead atoms. The van der Waals surface area contributed by atoms with Crippen LogP contribution in [0.25, 0.3) is 0 Å². The van der Waals surface area contributed by atoms with Crippen molar-refractivity contribution in [1.29, 1.82) is 0 Å². The number of anilines is 1. The number of benzene rings is 1. The fourth-order valence-electron chi connectivity index (χ4n) is 3.17. The number of hydrogen-bond acceptors (Lipinski definition) is 5. The van der Waals surface area contributed by atoms with Crippen molar-refractivity contribution in [1.82, 2.24) is 15.3 Å². The molecule has 1 aromatic heterocycles. The van der Waals surface area contributed by atoms with E-state index in [-0.39, 0.29) is 11.2 Å². The standard InChI is InChI=1S/C17H19FN4O/c18-15-3-1-13(2-4-15)17(11-23-12-17)14-9-20-16(21-10-14)22-7-5-19-6-8-22/h1-4,9-10,19H,5-8,11-12H2. The lowest BCUT2D eigenvalue weighted by Gasteiger charge is -2.42. The normalized spacial score (nSPS) is 20.1. The third kappa shape index (κ3) is 2.58. The number of ether oxygens (including phenoxy) is 1. The maximum absolute atomic E-state index is 13.2. The molecule has 2 saturated heterocycles. The van der Waals surface area contributed by atoms with E-state index in [1.807, 2.05) is 24.5 Å². The van der Waals surface area contributed by atoms with Gasteiger partial charge in [-0.1, -0.05) is 12.1 Å². The van der Waals surface area contributed by atoms with Crippen LogP contribution in [-0.4, -0.2) is 49.4 Å². The van der Waals surface area contributed by atoms with E-state index in [0.29, 0.717) is 13.2 Å². The number of hydrogen-bond donors (Lipinski definition) is 1. The monoisotopic (exact) mass is 314 g/mol. The molecule has 0 spiro atoms. The van der Waals surface area contributed by atoms with E-state index >= 15 is 0 Å². The Morgan fingerprint density at radius 1 is 1.00 bits per heavy atom. The zero-order chi connectivity index (χ0) is 15.7. The second-order valence-electron chi connectivity index (χ2n) is 6.09. The first-order chi connectivity index (χ1) is 11.3. The van der Waals surface area contributed by atoms with Crippen molar-refractivity contribution in [3.8, 4) is 0 Å². The van der Waals surface area contributed by atoms with Crippen molar-refractivity contribution in [3.63, 3.8) is 0 Å². The van der Waals surface area contributed by atoms with E-state index in [1.54, 1.807) is 0 Å². The van der Waals surface area contributed by atoms with Crippen LogP contribution in [0, 0.1) is 5.82 Å². The van der Waals surface area contributed by atoms with E-state index in [1.165, 1.54) is 12.1 Å². The molecule has 1 aromatic carbocycles. The molecule has 6 heteroatoms. The highest BCUT2D eigenvalue weighted by Crippen LogP contribution is 2.38. The second-order valence-corrected chi connectivity index (χ2v) is 6.09. The highest BCUT2D eigenvalue weighted by atomic mass is 19.1. The Kier molecular flexibility index (Phi) is 3.71.